The third-order valence-electron chi connectivity index (χ3n) is 1.01. The van der Waals surface area contributed by atoms with Gasteiger partial charge in [-0.3, -0.25) is 0 Å². The molecule has 0 amide bonds. The molecule has 0 unspecified atom stereocenters. The predicted octanol–water partition coefficient (Wildman–Crippen LogP) is 2.55. The highest BCUT2D eigenvalue weighted by Crippen LogP contribution is 1.95. The number of rotatable bonds is 3. The second-order valence-electron chi connectivity index (χ2n) is 1.93. The Morgan fingerprint density at radius 2 is 1.60 bits per heavy atom. The van der Waals surface area contributed by atoms with Crippen LogP contribution in [0.5, 0.6) is 0 Å². The Labute approximate surface area is 68.5 Å². The van der Waals surface area contributed by atoms with Crippen molar-refractivity contribution in [3.63, 3.8) is 0 Å². The molecular formula is C7H16N2S. The second-order valence-corrected chi connectivity index (χ2v) is 2.11. The molecule has 0 fully saturated rings. The van der Waals surface area contributed by atoms with Gasteiger partial charge in [-0.05, 0) is 12.2 Å². The number of isothiocyanates is 1. The van der Waals surface area contributed by atoms with E-state index in [9.17, 15) is 0 Å². The third kappa shape index (κ3) is 25.5. The Balaban J connectivity index is 0. The van der Waals surface area contributed by atoms with E-state index in [0.29, 0.717) is 0 Å². The summed E-state index contributed by atoms with van der Waals surface area (Å²) in [6, 6.07) is 0. The fraction of sp³-hybridized carbons (Fsp3) is 0.857. The second kappa shape index (κ2) is 15.8. The van der Waals surface area contributed by atoms with Crippen molar-refractivity contribution in [2.45, 2.75) is 39.5 Å². The summed E-state index contributed by atoms with van der Waals surface area (Å²) in [5.41, 5.74) is 0. The van der Waals surface area contributed by atoms with Crippen molar-refractivity contribution in [2.24, 2.45) is 10.9 Å². The molecule has 0 aromatic rings. The van der Waals surface area contributed by atoms with Crippen molar-refractivity contribution in [3.05, 3.63) is 0 Å². The fourth-order valence-electron chi connectivity index (χ4n) is 0.500. The zero-order valence-electron chi connectivity index (χ0n) is 6.76. The van der Waals surface area contributed by atoms with Crippen LogP contribution in [0.25, 0.3) is 0 Å². The Kier molecular flexibility index (Phi) is 19.5. The first kappa shape index (κ1) is 12.3. The van der Waals surface area contributed by atoms with Gasteiger partial charge in [-0.25, -0.2) is 0 Å². The van der Waals surface area contributed by atoms with Crippen LogP contribution < -0.4 is 5.84 Å². The number of unbranched alkanes of at least 4 members (excludes halogenated alkanes) is 3. The molecule has 0 saturated heterocycles. The highest BCUT2D eigenvalue weighted by Gasteiger charge is 1.75. The van der Waals surface area contributed by atoms with Crippen LogP contribution in [0.2, 0.25) is 0 Å². The molecule has 0 spiro atoms. The van der Waals surface area contributed by atoms with Crippen LogP contribution in [0.1, 0.15) is 39.5 Å². The van der Waals surface area contributed by atoms with E-state index in [1.165, 1.54) is 25.7 Å². The van der Waals surface area contributed by atoms with Crippen LogP contribution in [-0.2, 0) is 0 Å². The van der Waals surface area contributed by atoms with E-state index < -0.39 is 0 Å². The maximum absolute atomic E-state index is 4.44. The van der Waals surface area contributed by atoms with E-state index in [-0.39, 0.29) is 0 Å². The van der Waals surface area contributed by atoms with Gasteiger partial charge in [-0.15, -0.1) is 5.10 Å². The number of hydrazone groups is 1. The molecular weight excluding hydrogens is 144 g/mol. The zero-order valence-corrected chi connectivity index (χ0v) is 7.58. The number of nitrogens with zero attached hydrogens (tertiary/aromatic N) is 1. The van der Waals surface area contributed by atoms with Gasteiger partial charge in [0.2, 0.25) is 0 Å². The van der Waals surface area contributed by atoms with Gasteiger partial charge in [-0.1, -0.05) is 39.5 Å². The van der Waals surface area contributed by atoms with E-state index >= 15 is 0 Å². The van der Waals surface area contributed by atoms with E-state index in [1.54, 1.807) is 0 Å². The van der Waals surface area contributed by atoms with Crippen molar-refractivity contribution < 1.29 is 0 Å². The number of hydrogen-bond acceptors (Lipinski definition) is 3. The molecule has 0 aromatic carbocycles. The van der Waals surface area contributed by atoms with Crippen LogP contribution in [0, 0.1) is 0 Å². The average molecular weight is 160 g/mol. The summed E-state index contributed by atoms with van der Waals surface area (Å²) >= 11 is 4.01. The lowest BCUT2D eigenvalue weighted by molar-refractivity contribution is 0.702. The zero-order chi connectivity index (χ0) is 8.24. The number of thiocarbonyl (C=S) groups is 1. The molecule has 60 valence electrons. The van der Waals surface area contributed by atoms with Gasteiger partial charge in [0, 0.05) is 0 Å². The Hall–Kier alpha value is -0.400. The molecule has 0 atom stereocenters. The van der Waals surface area contributed by atoms with Gasteiger partial charge in [0.1, 0.15) is 0 Å². The maximum atomic E-state index is 4.44. The first-order chi connectivity index (χ1) is 4.83. The molecule has 0 aliphatic rings. The van der Waals surface area contributed by atoms with Crippen molar-refractivity contribution in [1.29, 1.82) is 0 Å². The Morgan fingerprint density at radius 3 is 1.70 bits per heavy atom. The lowest BCUT2D eigenvalue weighted by Gasteiger charge is -1.86. The standard InChI is InChI=1S/C6H14.CH2N2S/c1-3-5-6-4-2;2-3-1-4/h3-6H2,1-2H3;2H2. The first-order valence-corrected chi connectivity index (χ1v) is 4.01. The molecule has 0 rings (SSSR count). The molecule has 0 aliphatic heterocycles. The molecule has 0 radical (unpaired) electrons. The van der Waals surface area contributed by atoms with Gasteiger partial charge < -0.3 is 5.84 Å². The number of nitrogens with two attached hydrogens (primary N) is 1. The van der Waals surface area contributed by atoms with Gasteiger partial charge in [-0.2, -0.15) is 0 Å². The smallest absolute Gasteiger partial charge is 0.0841 e. The minimum Gasteiger partial charge on any atom is -0.314 e. The molecule has 10 heavy (non-hydrogen) atoms. The number of hydrogen-bond donors (Lipinski definition) is 1. The van der Waals surface area contributed by atoms with Gasteiger partial charge in [0.05, 0.1) is 5.16 Å². The molecule has 2 N–H and O–H groups in total. The third-order valence-corrected chi connectivity index (χ3v) is 1.12. The molecule has 2 nitrogen and oxygen atoms in total. The molecule has 0 aliphatic carbocycles. The SMILES string of the molecule is CCCCCC.NN=C=S. The topological polar surface area (TPSA) is 38.4 Å². The summed E-state index contributed by atoms with van der Waals surface area (Å²) in [5.74, 6) is 4.44. The van der Waals surface area contributed by atoms with Crippen molar-refractivity contribution in [1.82, 2.24) is 0 Å². The first-order valence-electron chi connectivity index (χ1n) is 3.60. The van der Waals surface area contributed by atoms with Gasteiger partial charge in [0.25, 0.3) is 0 Å². The van der Waals surface area contributed by atoms with E-state index in [0.717, 1.165) is 0 Å². The van der Waals surface area contributed by atoms with E-state index in [4.69, 9.17) is 0 Å². The summed E-state index contributed by atoms with van der Waals surface area (Å²) in [5, 5.41) is 4.72. The lowest BCUT2D eigenvalue weighted by Crippen LogP contribution is -1.70. The quantitative estimate of drug-likeness (QED) is 0.226. The normalized spacial score (nSPS) is 7.00. The Bertz CT molecular complexity index is 83.6. The summed E-state index contributed by atoms with van der Waals surface area (Å²) in [4.78, 5) is 0. The lowest BCUT2D eigenvalue weighted by atomic mass is 10.2. The van der Waals surface area contributed by atoms with Crippen LogP contribution >= 0.6 is 12.2 Å². The Morgan fingerprint density at radius 1 is 1.30 bits per heavy atom. The fourth-order valence-corrected chi connectivity index (χ4v) is 0.500. The maximum Gasteiger partial charge on any atom is 0.0841 e. The minimum absolute atomic E-state index is 1.36. The average Bonchev–Trinajstić information content (AvgIpc) is 2.01. The molecule has 3 heteroatoms. The van der Waals surface area contributed by atoms with Crippen molar-refractivity contribution in [2.75, 3.05) is 0 Å². The van der Waals surface area contributed by atoms with Crippen LogP contribution in [0.15, 0.2) is 5.10 Å². The van der Waals surface area contributed by atoms with Crippen LogP contribution in [0.4, 0.5) is 0 Å². The van der Waals surface area contributed by atoms with Crippen LogP contribution in [0.3, 0.4) is 0 Å². The summed E-state index contributed by atoms with van der Waals surface area (Å²) in [7, 11) is 0. The summed E-state index contributed by atoms with van der Waals surface area (Å²) in [6.45, 7) is 4.46. The molecule has 0 bridgehead atoms. The molecule has 0 aromatic heterocycles. The largest absolute Gasteiger partial charge is 0.314 e. The van der Waals surface area contributed by atoms with E-state index in [1.807, 2.05) is 5.16 Å². The van der Waals surface area contributed by atoms with Crippen molar-refractivity contribution >= 4 is 17.4 Å². The highest BCUT2D eigenvalue weighted by atomic mass is 32.1. The van der Waals surface area contributed by atoms with Crippen LogP contribution in [-0.4, -0.2) is 5.16 Å². The minimum atomic E-state index is 1.36. The monoisotopic (exact) mass is 160 g/mol. The highest BCUT2D eigenvalue weighted by molar-refractivity contribution is 7.78. The summed E-state index contributed by atoms with van der Waals surface area (Å²) in [6.07, 6.45) is 5.54. The summed E-state index contributed by atoms with van der Waals surface area (Å²) < 4.78 is 0. The van der Waals surface area contributed by atoms with Gasteiger partial charge >= 0.3 is 0 Å². The van der Waals surface area contributed by atoms with Gasteiger partial charge in [0.15, 0.2) is 0 Å². The van der Waals surface area contributed by atoms with Crippen molar-refractivity contribution in [3.8, 4) is 0 Å². The predicted molar refractivity (Wildman–Crippen MR) is 49.0 cm³/mol. The molecule has 0 heterocycles. The molecule has 0 saturated carbocycles. The van der Waals surface area contributed by atoms with E-state index in [2.05, 4.69) is 37.0 Å².